The smallest absolute Gasteiger partial charge is 0.127 e. The Labute approximate surface area is 79.2 Å². The van der Waals surface area contributed by atoms with Crippen LogP contribution >= 0.6 is 0 Å². The summed E-state index contributed by atoms with van der Waals surface area (Å²) in [6.07, 6.45) is 2.20. The van der Waals surface area contributed by atoms with Gasteiger partial charge in [-0.25, -0.2) is 0 Å². The van der Waals surface area contributed by atoms with Crippen LogP contribution in [0.3, 0.4) is 0 Å². The van der Waals surface area contributed by atoms with Crippen molar-refractivity contribution in [1.82, 2.24) is 0 Å². The average molecular weight is 179 g/mol. The summed E-state index contributed by atoms with van der Waals surface area (Å²) >= 11 is 0. The molecule has 1 aromatic carbocycles. The van der Waals surface area contributed by atoms with Crippen LogP contribution in [0.25, 0.3) is 0 Å². The molecule has 0 bridgehead atoms. The van der Waals surface area contributed by atoms with Crippen molar-refractivity contribution >= 4 is 0 Å². The number of benzene rings is 1. The van der Waals surface area contributed by atoms with Crippen molar-refractivity contribution in [2.45, 2.75) is 26.4 Å². The van der Waals surface area contributed by atoms with E-state index in [0.29, 0.717) is 0 Å². The van der Waals surface area contributed by atoms with Gasteiger partial charge in [0, 0.05) is 6.07 Å². The van der Waals surface area contributed by atoms with Crippen molar-refractivity contribution in [3.8, 4) is 5.75 Å². The molecule has 0 aliphatic carbocycles. The third kappa shape index (κ3) is 3.47. The highest BCUT2D eigenvalue weighted by atomic mass is 16.5. The second-order valence-electron chi connectivity index (χ2n) is 2.92. The summed E-state index contributed by atoms with van der Waals surface area (Å²) in [4.78, 5) is 0. The minimum Gasteiger partial charge on any atom is -0.493 e. The van der Waals surface area contributed by atoms with Gasteiger partial charge in [-0.05, 0) is 24.1 Å². The van der Waals surface area contributed by atoms with E-state index in [0.717, 1.165) is 30.8 Å². The topological polar surface area (TPSA) is 29.5 Å². The Bertz CT molecular complexity index is 228. The van der Waals surface area contributed by atoms with Gasteiger partial charge in [0.1, 0.15) is 5.75 Å². The minimum absolute atomic E-state index is 0.0613. The summed E-state index contributed by atoms with van der Waals surface area (Å²) in [5.41, 5.74) is 0.864. The van der Waals surface area contributed by atoms with E-state index in [-0.39, 0.29) is 6.61 Å². The number of hydrogen-bond acceptors (Lipinski definition) is 2. The number of ether oxygens (including phenoxy) is 1. The van der Waals surface area contributed by atoms with Crippen molar-refractivity contribution in [2.24, 2.45) is 0 Å². The number of rotatable bonds is 5. The number of aliphatic hydroxyl groups is 1. The minimum atomic E-state index is 0.0613. The standard InChI is InChI=1S/C11H15O2/c1-2-3-8-13-11-6-4-10(9-12)5-7-11/h4-6,12H,2-3,8-9H2,1H3. The molecule has 1 radical (unpaired) electrons. The normalized spacial score (nSPS) is 10.0. The molecule has 0 spiro atoms. The number of aliphatic hydroxyl groups excluding tert-OH is 1. The summed E-state index contributed by atoms with van der Waals surface area (Å²) in [7, 11) is 0. The van der Waals surface area contributed by atoms with Gasteiger partial charge in [-0.15, -0.1) is 0 Å². The molecule has 0 atom stereocenters. The van der Waals surface area contributed by atoms with E-state index in [1.165, 1.54) is 0 Å². The highest BCUT2D eigenvalue weighted by Gasteiger charge is 1.94. The largest absolute Gasteiger partial charge is 0.493 e. The molecule has 0 fully saturated rings. The molecule has 0 heterocycles. The predicted octanol–water partition coefficient (Wildman–Crippen LogP) is 2.16. The van der Waals surface area contributed by atoms with Crippen LogP contribution in [-0.2, 0) is 6.61 Å². The first-order valence-corrected chi connectivity index (χ1v) is 4.61. The van der Waals surface area contributed by atoms with Gasteiger partial charge in [0.2, 0.25) is 0 Å². The summed E-state index contributed by atoms with van der Waals surface area (Å²) in [6, 6.07) is 8.40. The molecule has 13 heavy (non-hydrogen) atoms. The zero-order chi connectivity index (χ0) is 9.52. The molecular weight excluding hydrogens is 164 g/mol. The van der Waals surface area contributed by atoms with Gasteiger partial charge in [-0.2, -0.15) is 0 Å². The molecule has 0 aliphatic rings. The molecule has 2 nitrogen and oxygen atoms in total. The van der Waals surface area contributed by atoms with Crippen molar-refractivity contribution in [1.29, 1.82) is 0 Å². The third-order valence-corrected chi connectivity index (χ3v) is 1.79. The number of hydrogen-bond donors (Lipinski definition) is 1. The van der Waals surface area contributed by atoms with Gasteiger partial charge in [0.25, 0.3) is 0 Å². The van der Waals surface area contributed by atoms with Crippen molar-refractivity contribution in [3.05, 3.63) is 29.8 Å². The Morgan fingerprint density at radius 2 is 2.31 bits per heavy atom. The first-order valence-electron chi connectivity index (χ1n) is 4.61. The lowest BCUT2D eigenvalue weighted by Gasteiger charge is -2.04. The molecule has 2 heteroatoms. The molecule has 0 amide bonds. The SMILES string of the molecule is CCCCOc1[c]cc(CO)cc1. The maximum Gasteiger partial charge on any atom is 0.127 e. The lowest BCUT2D eigenvalue weighted by Crippen LogP contribution is -1.96. The highest BCUT2D eigenvalue weighted by molar-refractivity contribution is 5.25. The fourth-order valence-electron chi connectivity index (χ4n) is 0.957. The van der Waals surface area contributed by atoms with Crippen LogP contribution in [-0.4, -0.2) is 11.7 Å². The van der Waals surface area contributed by atoms with E-state index in [1.54, 1.807) is 6.07 Å². The molecule has 0 aliphatic heterocycles. The summed E-state index contributed by atoms with van der Waals surface area (Å²) in [5, 5.41) is 8.78. The fourth-order valence-corrected chi connectivity index (χ4v) is 0.957. The molecule has 71 valence electrons. The Morgan fingerprint density at radius 1 is 1.46 bits per heavy atom. The monoisotopic (exact) mass is 179 g/mol. The molecule has 1 rings (SSSR count). The summed E-state index contributed by atoms with van der Waals surface area (Å²) < 4.78 is 5.41. The second kappa shape index (κ2) is 5.60. The molecule has 1 aromatic rings. The first-order chi connectivity index (χ1) is 6.36. The Hall–Kier alpha value is -1.02. The zero-order valence-electron chi connectivity index (χ0n) is 7.92. The van der Waals surface area contributed by atoms with E-state index >= 15 is 0 Å². The summed E-state index contributed by atoms with van der Waals surface area (Å²) in [6.45, 7) is 2.93. The average Bonchev–Trinajstić information content (AvgIpc) is 2.19. The van der Waals surface area contributed by atoms with Crippen LogP contribution in [0.1, 0.15) is 25.3 Å². The van der Waals surface area contributed by atoms with E-state index in [1.807, 2.05) is 12.1 Å². The van der Waals surface area contributed by atoms with Gasteiger partial charge >= 0.3 is 0 Å². The van der Waals surface area contributed by atoms with Gasteiger partial charge in [0.05, 0.1) is 13.2 Å². The van der Waals surface area contributed by atoms with Gasteiger partial charge < -0.3 is 9.84 Å². The quantitative estimate of drug-likeness (QED) is 0.702. The maximum atomic E-state index is 8.78. The summed E-state index contributed by atoms with van der Waals surface area (Å²) in [5.74, 6) is 0.755. The van der Waals surface area contributed by atoms with Gasteiger partial charge in [0.15, 0.2) is 0 Å². The molecular formula is C11H15O2. The second-order valence-corrected chi connectivity index (χ2v) is 2.92. The lowest BCUT2D eigenvalue weighted by molar-refractivity contribution is 0.281. The van der Waals surface area contributed by atoms with E-state index in [9.17, 15) is 0 Å². The first kappa shape index (κ1) is 10.1. The lowest BCUT2D eigenvalue weighted by atomic mass is 10.2. The van der Waals surface area contributed by atoms with Crippen molar-refractivity contribution in [3.63, 3.8) is 0 Å². The number of unbranched alkanes of at least 4 members (excludes halogenated alkanes) is 1. The third-order valence-electron chi connectivity index (χ3n) is 1.79. The van der Waals surface area contributed by atoms with Crippen LogP contribution in [0, 0.1) is 6.07 Å². The van der Waals surface area contributed by atoms with E-state index in [2.05, 4.69) is 13.0 Å². The highest BCUT2D eigenvalue weighted by Crippen LogP contribution is 2.11. The van der Waals surface area contributed by atoms with Crippen LogP contribution in [0.4, 0.5) is 0 Å². The predicted molar refractivity (Wildman–Crippen MR) is 51.6 cm³/mol. The molecule has 0 saturated heterocycles. The molecule has 0 unspecified atom stereocenters. The van der Waals surface area contributed by atoms with Gasteiger partial charge in [-0.1, -0.05) is 19.4 Å². The van der Waals surface area contributed by atoms with Crippen molar-refractivity contribution in [2.75, 3.05) is 6.61 Å². The maximum absolute atomic E-state index is 8.78. The Kier molecular flexibility index (Phi) is 4.33. The van der Waals surface area contributed by atoms with Crippen LogP contribution in [0.5, 0.6) is 5.75 Å². The van der Waals surface area contributed by atoms with Crippen LogP contribution in [0.15, 0.2) is 18.2 Å². The van der Waals surface area contributed by atoms with E-state index in [4.69, 9.17) is 9.84 Å². The van der Waals surface area contributed by atoms with Gasteiger partial charge in [-0.3, -0.25) is 0 Å². The van der Waals surface area contributed by atoms with Crippen molar-refractivity contribution < 1.29 is 9.84 Å². The van der Waals surface area contributed by atoms with Crippen LogP contribution < -0.4 is 4.74 Å². The molecule has 0 aromatic heterocycles. The Balaban J connectivity index is 2.40. The molecule has 1 N–H and O–H groups in total. The van der Waals surface area contributed by atoms with E-state index < -0.39 is 0 Å². The zero-order valence-corrected chi connectivity index (χ0v) is 7.92. The molecule has 0 saturated carbocycles. The Morgan fingerprint density at radius 3 is 2.85 bits per heavy atom. The fraction of sp³-hybridized carbons (Fsp3) is 0.455. The van der Waals surface area contributed by atoms with Crippen LogP contribution in [0.2, 0.25) is 0 Å².